The number of fused-ring (bicyclic) bond motifs is 1. The van der Waals surface area contributed by atoms with E-state index in [1.165, 1.54) is 6.07 Å². The number of hydrogen-bond acceptors (Lipinski definition) is 1. The molecule has 0 aliphatic rings. The molecular weight excluding hydrogens is 385 g/mol. The second-order valence-electron chi connectivity index (χ2n) is 6.70. The Morgan fingerprint density at radius 1 is 0.964 bits per heavy atom. The number of nitrogens with zero attached hydrogens (tertiary/aromatic N) is 2. The lowest BCUT2D eigenvalue weighted by molar-refractivity contribution is -0.136. The van der Waals surface area contributed by atoms with E-state index >= 15 is 0 Å². The van der Waals surface area contributed by atoms with Crippen LogP contribution in [0.3, 0.4) is 0 Å². The molecule has 0 saturated carbocycles. The summed E-state index contributed by atoms with van der Waals surface area (Å²) >= 11 is 5.99. The number of aromatic nitrogens is 2. The second-order valence-corrected chi connectivity index (χ2v) is 7.14. The van der Waals surface area contributed by atoms with E-state index in [1.54, 1.807) is 35.0 Å². The molecule has 0 N–H and O–H groups in total. The summed E-state index contributed by atoms with van der Waals surface area (Å²) in [5.41, 5.74) is 2.67. The third-order valence-electron chi connectivity index (χ3n) is 4.61. The van der Waals surface area contributed by atoms with Crippen molar-refractivity contribution in [3.05, 3.63) is 88.4 Å². The lowest BCUT2D eigenvalue weighted by atomic mass is 10.0. The number of alkyl halides is 3. The molecule has 0 radical (unpaired) electrons. The standard InChI is InChI=1S/C22H16ClF3N2/c1-14-4-2-5-15(12-14)13-28-21(16-8-10-17(23)11-9-16)18-6-3-7-19(20(18)27-28)22(24,25)26/h2-12H,13H2,1H3. The van der Waals surface area contributed by atoms with Gasteiger partial charge in [-0.25, -0.2) is 0 Å². The fourth-order valence-electron chi connectivity index (χ4n) is 3.39. The van der Waals surface area contributed by atoms with Gasteiger partial charge in [-0.05, 0) is 30.7 Å². The Hall–Kier alpha value is -2.79. The van der Waals surface area contributed by atoms with E-state index in [9.17, 15) is 13.2 Å². The average molecular weight is 401 g/mol. The lowest BCUT2D eigenvalue weighted by Crippen LogP contribution is -2.06. The van der Waals surface area contributed by atoms with Gasteiger partial charge in [0.05, 0.1) is 17.8 Å². The first-order chi connectivity index (χ1) is 13.3. The molecular formula is C22H16ClF3N2. The van der Waals surface area contributed by atoms with Gasteiger partial charge in [0.2, 0.25) is 0 Å². The number of aryl methyl sites for hydroxylation is 1. The largest absolute Gasteiger partial charge is 0.418 e. The van der Waals surface area contributed by atoms with Gasteiger partial charge in [-0.1, -0.05) is 65.7 Å². The van der Waals surface area contributed by atoms with Crippen molar-refractivity contribution in [1.29, 1.82) is 0 Å². The number of halogens is 4. The third kappa shape index (κ3) is 3.50. The van der Waals surface area contributed by atoms with Crippen LogP contribution in [-0.4, -0.2) is 9.78 Å². The summed E-state index contributed by atoms with van der Waals surface area (Å²) in [6, 6.07) is 19.0. The monoisotopic (exact) mass is 400 g/mol. The Kier molecular flexibility index (Phi) is 4.63. The van der Waals surface area contributed by atoms with Crippen molar-refractivity contribution in [2.75, 3.05) is 0 Å². The molecule has 28 heavy (non-hydrogen) atoms. The molecule has 142 valence electrons. The zero-order valence-electron chi connectivity index (χ0n) is 15.0. The van der Waals surface area contributed by atoms with E-state index in [-0.39, 0.29) is 5.52 Å². The van der Waals surface area contributed by atoms with Crippen molar-refractivity contribution in [1.82, 2.24) is 9.78 Å². The third-order valence-corrected chi connectivity index (χ3v) is 4.86. The van der Waals surface area contributed by atoms with Gasteiger partial charge in [-0.15, -0.1) is 0 Å². The normalized spacial score (nSPS) is 11.9. The van der Waals surface area contributed by atoms with Crippen molar-refractivity contribution >= 4 is 22.5 Å². The molecule has 0 unspecified atom stereocenters. The molecule has 0 saturated heterocycles. The van der Waals surface area contributed by atoms with E-state index in [2.05, 4.69) is 5.10 Å². The molecule has 0 fully saturated rings. The maximum Gasteiger partial charge on any atom is 0.418 e. The summed E-state index contributed by atoms with van der Waals surface area (Å²) in [4.78, 5) is 0. The van der Waals surface area contributed by atoms with Crippen molar-refractivity contribution in [3.8, 4) is 11.3 Å². The molecule has 1 heterocycles. The molecule has 0 aliphatic heterocycles. The molecule has 4 aromatic rings. The summed E-state index contributed by atoms with van der Waals surface area (Å²) in [5, 5.41) is 5.39. The van der Waals surface area contributed by atoms with Gasteiger partial charge in [0.25, 0.3) is 0 Å². The van der Waals surface area contributed by atoms with Crippen LogP contribution in [0, 0.1) is 6.92 Å². The van der Waals surface area contributed by atoms with Gasteiger partial charge < -0.3 is 0 Å². The van der Waals surface area contributed by atoms with Gasteiger partial charge in [-0.2, -0.15) is 18.3 Å². The van der Waals surface area contributed by atoms with Crippen LogP contribution >= 0.6 is 11.6 Å². The van der Waals surface area contributed by atoms with Crippen LogP contribution in [0.15, 0.2) is 66.7 Å². The van der Waals surface area contributed by atoms with Gasteiger partial charge >= 0.3 is 6.18 Å². The van der Waals surface area contributed by atoms with E-state index in [1.807, 2.05) is 31.2 Å². The highest BCUT2D eigenvalue weighted by Gasteiger charge is 2.34. The first kappa shape index (κ1) is 18.6. The van der Waals surface area contributed by atoms with Crippen molar-refractivity contribution in [2.24, 2.45) is 0 Å². The summed E-state index contributed by atoms with van der Waals surface area (Å²) in [6.45, 7) is 2.34. The van der Waals surface area contributed by atoms with Crippen LogP contribution < -0.4 is 0 Å². The summed E-state index contributed by atoms with van der Waals surface area (Å²) in [5.74, 6) is 0. The average Bonchev–Trinajstić information content (AvgIpc) is 2.99. The zero-order valence-corrected chi connectivity index (χ0v) is 15.7. The minimum atomic E-state index is -4.47. The highest BCUT2D eigenvalue weighted by atomic mass is 35.5. The van der Waals surface area contributed by atoms with Crippen LogP contribution in [0.25, 0.3) is 22.2 Å². The molecule has 0 spiro atoms. The van der Waals surface area contributed by atoms with E-state index in [0.717, 1.165) is 22.8 Å². The van der Waals surface area contributed by atoms with Gasteiger partial charge in [-0.3, -0.25) is 4.68 Å². The first-order valence-electron chi connectivity index (χ1n) is 8.71. The van der Waals surface area contributed by atoms with E-state index < -0.39 is 11.7 Å². The van der Waals surface area contributed by atoms with Gasteiger partial charge in [0.1, 0.15) is 5.52 Å². The van der Waals surface area contributed by atoms with Crippen LogP contribution in [0.4, 0.5) is 13.2 Å². The predicted octanol–water partition coefficient (Wildman–Crippen LogP) is 6.73. The molecule has 3 aromatic carbocycles. The van der Waals surface area contributed by atoms with Crippen molar-refractivity contribution < 1.29 is 13.2 Å². The van der Waals surface area contributed by atoms with Gasteiger partial charge in [0.15, 0.2) is 0 Å². The molecule has 0 bridgehead atoms. The zero-order chi connectivity index (χ0) is 19.9. The SMILES string of the molecule is Cc1cccc(Cn2nc3c(C(F)(F)F)cccc3c2-c2ccc(Cl)cc2)c1. The molecule has 1 aromatic heterocycles. The van der Waals surface area contributed by atoms with Crippen LogP contribution in [-0.2, 0) is 12.7 Å². The molecule has 0 atom stereocenters. The topological polar surface area (TPSA) is 17.8 Å². The fraction of sp³-hybridized carbons (Fsp3) is 0.136. The van der Waals surface area contributed by atoms with E-state index in [4.69, 9.17) is 11.6 Å². The molecule has 6 heteroatoms. The van der Waals surface area contributed by atoms with E-state index in [0.29, 0.717) is 22.6 Å². The Labute approximate surface area is 165 Å². The number of rotatable bonds is 3. The highest BCUT2D eigenvalue weighted by Crippen LogP contribution is 2.38. The smallest absolute Gasteiger partial charge is 0.259 e. The van der Waals surface area contributed by atoms with Crippen molar-refractivity contribution in [2.45, 2.75) is 19.6 Å². The lowest BCUT2D eigenvalue weighted by Gasteiger charge is -2.09. The van der Waals surface area contributed by atoms with Crippen LogP contribution in [0.2, 0.25) is 5.02 Å². The molecule has 0 amide bonds. The fourth-order valence-corrected chi connectivity index (χ4v) is 3.52. The Bertz CT molecular complexity index is 1140. The van der Waals surface area contributed by atoms with Crippen LogP contribution in [0.5, 0.6) is 0 Å². The highest BCUT2D eigenvalue weighted by molar-refractivity contribution is 6.30. The Morgan fingerprint density at radius 2 is 1.68 bits per heavy atom. The van der Waals surface area contributed by atoms with Crippen LogP contribution in [0.1, 0.15) is 16.7 Å². The maximum absolute atomic E-state index is 13.5. The van der Waals surface area contributed by atoms with Crippen molar-refractivity contribution in [3.63, 3.8) is 0 Å². The quantitative estimate of drug-likeness (QED) is 0.372. The molecule has 4 rings (SSSR count). The Balaban J connectivity index is 1.96. The summed E-state index contributed by atoms with van der Waals surface area (Å²) in [7, 11) is 0. The second kappa shape index (κ2) is 6.99. The van der Waals surface area contributed by atoms with Gasteiger partial charge in [0, 0.05) is 16.0 Å². The number of hydrogen-bond donors (Lipinski definition) is 0. The Morgan fingerprint density at radius 3 is 2.36 bits per heavy atom. The molecule has 0 aliphatic carbocycles. The number of benzene rings is 3. The summed E-state index contributed by atoms with van der Waals surface area (Å²) < 4.78 is 42.2. The molecule has 2 nitrogen and oxygen atoms in total. The predicted molar refractivity (Wildman–Crippen MR) is 105 cm³/mol. The minimum absolute atomic E-state index is 0.0485. The summed E-state index contributed by atoms with van der Waals surface area (Å²) in [6.07, 6.45) is -4.47. The maximum atomic E-state index is 13.5. The first-order valence-corrected chi connectivity index (χ1v) is 9.09. The minimum Gasteiger partial charge on any atom is -0.259 e.